The molecule has 1 fully saturated rings. The van der Waals surface area contributed by atoms with Crippen molar-refractivity contribution in [1.82, 2.24) is 4.98 Å². The third-order valence-corrected chi connectivity index (χ3v) is 5.83. The number of hydrogen-bond acceptors (Lipinski definition) is 5. The van der Waals surface area contributed by atoms with Crippen molar-refractivity contribution in [3.63, 3.8) is 0 Å². The Kier molecular flexibility index (Phi) is 6.78. The van der Waals surface area contributed by atoms with Gasteiger partial charge in [-0.2, -0.15) is 0 Å². The minimum absolute atomic E-state index is 0.204. The van der Waals surface area contributed by atoms with Crippen LogP contribution in [0.4, 0.5) is 15.8 Å². The highest BCUT2D eigenvalue weighted by molar-refractivity contribution is 5.77. The number of ether oxygens (including phenoxy) is 2. The van der Waals surface area contributed by atoms with E-state index in [-0.39, 0.29) is 5.82 Å². The van der Waals surface area contributed by atoms with E-state index in [2.05, 4.69) is 34.9 Å². The second kappa shape index (κ2) is 9.90. The average Bonchev–Trinajstić information content (AvgIpc) is 3.07. The first-order valence-corrected chi connectivity index (χ1v) is 11.1. The molecule has 32 heavy (non-hydrogen) atoms. The zero-order chi connectivity index (χ0) is 22.5. The molecule has 5 nitrogen and oxygen atoms in total. The van der Waals surface area contributed by atoms with Crippen LogP contribution in [0, 0.1) is 12.7 Å². The summed E-state index contributed by atoms with van der Waals surface area (Å²) in [7, 11) is 1.64. The number of rotatable bonds is 6. The van der Waals surface area contributed by atoms with Crippen LogP contribution in [0.25, 0.3) is 11.3 Å². The number of hydrogen-bond donors (Lipinski definition) is 0. The number of pyridine rings is 1. The van der Waals surface area contributed by atoms with Crippen LogP contribution >= 0.6 is 0 Å². The number of aryl methyl sites for hydroxylation is 1. The summed E-state index contributed by atoms with van der Waals surface area (Å²) in [6.07, 6.45) is 1.01. The molecule has 6 heteroatoms. The number of halogens is 1. The van der Waals surface area contributed by atoms with E-state index in [9.17, 15) is 4.39 Å². The third-order valence-electron chi connectivity index (χ3n) is 5.83. The zero-order valence-electron chi connectivity index (χ0n) is 19.0. The molecule has 0 N–H and O–H groups in total. The average molecular weight is 436 g/mol. The van der Waals surface area contributed by atoms with E-state index < -0.39 is 0 Å². The maximum Gasteiger partial charge on any atom is 0.213 e. The van der Waals surface area contributed by atoms with Gasteiger partial charge in [0.2, 0.25) is 5.88 Å². The lowest BCUT2D eigenvalue weighted by Crippen LogP contribution is -2.31. The Morgan fingerprint density at radius 3 is 2.41 bits per heavy atom. The molecule has 1 aliphatic heterocycles. The summed E-state index contributed by atoms with van der Waals surface area (Å²) >= 11 is 0. The van der Waals surface area contributed by atoms with Crippen LogP contribution in [0.2, 0.25) is 0 Å². The van der Waals surface area contributed by atoms with Gasteiger partial charge in [0.1, 0.15) is 11.6 Å². The molecule has 0 spiro atoms. The molecule has 1 aromatic heterocycles. The maximum atomic E-state index is 13.3. The van der Waals surface area contributed by atoms with Crippen LogP contribution in [0.5, 0.6) is 11.6 Å². The molecular formula is C26H30FN3O2. The molecule has 0 atom stereocenters. The SMILES string of the molecule is CCOc1ccc(-c2nc(OC)ccc2N2CCCN(c3ccc(F)cc3)CC2)cc1C. The van der Waals surface area contributed by atoms with Gasteiger partial charge in [0.15, 0.2) is 0 Å². The van der Waals surface area contributed by atoms with Crippen LogP contribution < -0.4 is 19.3 Å². The van der Waals surface area contributed by atoms with Crippen molar-refractivity contribution in [2.24, 2.45) is 0 Å². The first-order chi connectivity index (χ1) is 15.6. The van der Waals surface area contributed by atoms with Crippen LogP contribution in [0.15, 0.2) is 54.6 Å². The standard InChI is InChI=1S/C26H30FN3O2/c1-4-32-24-12-6-20(18-19(24)2)26-23(11-13-25(28-26)31-3)30-15-5-14-29(16-17-30)22-9-7-21(27)8-10-22/h6-13,18H,4-5,14-17H2,1-3H3. The number of nitrogens with zero attached hydrogens (tertiary/aromatic N) is 3. The van der Waals surface area contributed by atoms with Gasteiger partial charge in [-0.3, -0.25) is 0 Å². The van der Waals surface area contributed by atoms with Crippen LogP contribution in [0.3, 0.4) is 0 Å². The van der Waals surface area contributed by atoms with Gasteiger partial charge in [0, 0.05) is 43.5 Å². The predicted octanol–water partition coefficient (Wildman–Crippen LogP) is 5.32. The summed E-state index contributed by atoms with van der Waals surface area (Å²) in [6, 6.07) is 17.0. The van der Waals surface area contributed by atoms with Gasteiger partial charge in [-0.25, -0.2) is 9.37 Å². The number of benzene rings is 2. The fourth-order valence-electron chi connectivity index (χ4n) is 4.20. The molecule has 4 rings (SSSR count). The Morgan fingerprint density at radius 1 is 0.938 bits per heavy atom. The fraction of sp³-hybridized carbons (Fsp3) is 0.346. The van der Waals surface area contributed by atoms with Crippen molar-refractivity contribution >= 4 is 11.4 Å². The number of anilines is 2. The Morgan fingerprint density at radius 2 is 1.69 bits per heavy atom. The number of methoxy groups -OCH3 is 1. The van der Waals surface area contributed by atoms with Crippen molar-refractivity contribution in [2.45, 2.75) is 20.3 Å². The predicted molar refractivity (Wildman–Crippen MR) is 128 cm³/mol. The molecule has 0 saturated carbocycles. The van der Waals surface area contributed by atoms with Crippen molar-refractivity contribution in [2.75, 3.05) is 49.7 Å². The summed E-state index contributed by atoms with van der Waals surface area (Å²) in [6.45, 7) is 8.26. The van der Waals surface area contributed by atoms with E-state index in [1.54, 1.807) is 7.11 Å². The molecule has 0 bridgehead atoms. The lowest BCUT2D eigenvalue weighted by Gasteiger charge is -2.26. The van der Waals surface area contributed by atoms with Gasteiger partial charge in [-0.15, -0.1) is 0 Å². The smallest absolute Gasteiger partial charge is 0.213 e. The van der Waals surface area contributed by atoms with Gasteiger partial charge >= 0.3 is 0 Å². The normalized spacial score (nSPS) is 14.2. The van der Waals surface area contributed by atoms with Crippen molar-refractivity contribution in [3.05, 3.63) is 66.0 Å². The van der Waals surface area contributed by atoms with E-state index in [0.29, 0.717) is 12.5 Å². The topological polar surface area (TPSA) is 37.8 Å². The van der Waals surface area contributed by atoms with Crippen LogP contribution in [-0.4, -0.2) is 44.9 Å². The van der Waals surface area contributed by atoms with Crippen molar-refractivity contribution < 1.29 is 13.9 Å². The minimum Gasteiger partial charge on any atom is -0.494 e. The fourth-order valence-corrected chi connectivity index (χ4v) is 4.20. The molecule has 0 aliphatic carbocycles. The second-order valence-electron chi connectivity index (χ2n) is 7.94. The Labute approximate surface area is 189 Å². The van der Waals surface area contributed by atoms with E-state index in [4.69, 9.17) is 14.5 Å². The monoisotopic (exact) mass is 435 g/mol. The lowest BCUT2D eigenvalue weighted by molar-refractivity contribution is 0.338. The number of aromatic nitrogens is 1. The molecule has 2 aromatic carbocycles. The first-order valence-electron chi connectivity index (χ1n) is 11.1. The second-order valence-corrected chi connectivity index (χ2v) is 7.94. The molecule has 168 valence electrons. The Bertz CT molecular complexity index is 1060. The van der Waals surface area contributed by atoms with Crippen molar-refractivity contribution in [3.8, 4) is 22.9 Å². The quantitative estimate of drug-likeness (QED) is 0.524. The maximum absolute atomic E-state index is 13.3. The highest BCUT2D eigenvalue weighted by atomic mass is 19.1. The highest BCUT2D eigenvalue weighted by Gasteiger charge is 2.20. The summed E-state index contributed by atoms with van der Waals surface area (Å²) in [4.78, 5) is 9.51. The largest absolute Gasteiger partial charge is 0.494 e. The summed E-state index contributed by atoms with van der Waals surface area (Å²) in [5.41, 5.74) is 5.18. The molecule has 0 radical (unpaired) electrons. The summed E-state index contributed by atoms with van der Waals surface area (Å²) < 4.78 is 24.5. The highest BCUT2D eigenvalue weighted by Crippen LogP contribution is 2.34. The Balaban J connectivity index is 1.62. The van der Waals surface area contributed by atoms with Gasteiger partial charge in [-0.1, -0.05) is 0 Å². The van der Waals surface area contributed by atoms with Gasteiger partial charge in [0.25, 0.3) is 0 Å². The molecule has 1 saturated heterocycles. The van der Waals surface area contributed by atoms with E-state index in [0.717, 1.165) is 66.5 Å². The van der Waals surface area contributed by atoms with Gasteiger partial charge < -0.3 is 19.3 Å². The summed E-state index contributed by atoms with van der Waals surface area (Å²) in [5.74, 6) is 1.29. The molecule has 3 aromatic rings. The molecular weight excluding hydrogens is 405 g/mol. The van der Waals surface area contributed by atoms with Crippen molar-refractivity contribution in [1.29, 1.82) is 0 Å². The van der Waals surface area contributed by atoms with Gasteiger partial charge in [-0.05, 0) is 74.4 Å². The lowest BCUT2D eigenvalue weighted by atomic mass is 10.1. The minimum atomic E-state index is -0.204. The van der Waals surface area contributed by atoms with E-state index in [1.807, 2.05) is 31.2 Å². The molecule has 2 heterocycles. The third kappa shape index (κ3) is 4.79. The van der Waals surface area contributed by atoms with Crippen LogP contribution in [0.1, 0.15) is 18.9 Å². The molecule has 0 unspecified atom stereocenters. The first kappa shape index (κ1) is 21.9. The van der Waals surface area contributed by atoms with E-state index in [1.165, 1.54) is 12.1 Å². The Hall–Kier alpha value is -3.28. The zero-order valence-corrected chi connectivity index (χ0v) is 19.0. The summed E-state index contributed by atoms with van der Waals surface area (Å²) in [5, 5.41) is 0. The van der Waals surface area contributed by atoms with E-state index >= 15 is 0 Å². The van der Waals surface area contributed by atoms with Crippen LogP contribution in [-0.2, 0) is 0 Å². The van der Waals surface area contributed by atoms with Gasteiger partial charge in [0.05, 0.1) is 25.1 Å². The molecule has 1 aliphatic rings. The molecule has 0 amide bonds.